The van der Waals surface area contributed by atoms with Crippen molar-refractivity contribution < 1.29 is 23.8 Å². The van der Waals surface area contributed by atoms with Crippen molar-refractivity contribution in [3.05, 3.63) is 23.5 Å². The Kier molecular flexibility index (Phi) is 3.44. The summed E-state index contributed by atoms with van der Waals surface area (Å²) in [5.74, 6) is -3.11. The molecule has 0 aromatic heterocycles. The molecule has 86 valence electrons. The van der Waals surface area contributed by atoms with Gasteiger partial charge < -0.3 is 15.2 Å². The van der Waals surface area contributed by atoms with Gasteiger partial charge in [-0.1, -0.05) is 0 Å². The quantitative estimate of drug-likeness (QED) is 0.820. The first-order valence-corrected chi connectivity index (χ1v) is 4.34. The normalized spacial score (nSPS) is 9.69. The van der Waals surface area contributed by atoms with Crippen molar-refractivity contribution >= 4 is 17.6 Å². The van der Waals surface area contributed by atoms with Gasteiger partial charge in [0.1, 0.15) is 0 Å². The minimum atomic E-state index is -1.40. The zero-order chi connectivity index (χ0) is 12.3. The molecule has 1 rings (SSSR count). The van der Waals surface area contributed by atoms with Gasteiger partial charge in [0.2, 0.25) is 5.91 Å². The van der Waals surface area contributed by atoms with E-state index >= 15 is 0 Å². The van der Waals surface area contributed by atoms with Crippen LogP contribution in [0.15, 0.2) is 12.1 Å². The fraction of sp³-hybridized carbons (Fsp3) is 0.200. The second-order valence-electron chi connectivity index (χ2n) is 2.99. The van der Waals surface area contributed by atoms with Crippen LogP contribution in [-0.2, 0) is 4.79 Å². The Morgan fingerprint density at radius 2 is 2.06 bits per heavy atom. The topological polar surface area (TPSA) is 75.6 Å². The van der Waals surface area contributed by atoms with E-state index in [0.717, 1.165) is 6.07 Å². The summed E-state index contributed by atoms with van der Waals surface area (Å²) in [6.07, 6.45) is 0. The molecule has 0 fully saturated rings. The van der Waals surface area contributed by atoms with Gasteiger partial charge in [-0.3, -0.25) is 4.79 Å². The van der Waals surface area contributed by atoms with Crippen molar-refractivity contribution in [1.82, 2.24) is 0 Å². The first kappa shape index (κ1) is 12.0. The second kappa shape index (κ2) is 4.61. The Balaban J connectivity index is 3.29. The Hall–Kier alpha value is -2.11. The number of carbonyl (C=O) groups excluding carboxylic acids is 1. The van der Waals surface area contributed by atoms with Crippen molar-refractivity contribution in [2.45, 2.75) is 6.92 Å². The Labute approximate surface area is 90.8 Å². The molecule has 0 bridgehead atoms. The smallest absolute Gasteiger partial charge is 0.338 e. The first-order valence-electron chi connectivity index (χ1n) is 4.34. The molecule has 0 aliphatic carbocycles. The molecule has 6 heteroatoms. The Morgan fingerprint density at radius 3 is 2.50 bits per heavy atom. The zero-order valence-corrected chi connectivity index (χ0v) is 8.70. The molecule has 0 heterocycles. The number of carbonyl (C=O) groups is 2. The number of aromatic carboxylic acids is 1. The molecule has 0 aliphatic rings. The summed E-state index contributed by atoms with van der Waals surface area (Å²) in [4.78, 5) is 21.4. The van der Waals surface area contributed by atoms with Crippen molar-refractivity contribution in [1.29, 1.82) is 0 Å². The molecule has 1 amide bonds. The summed E-state index contributed by atoms with van der Waals surface area (Å²) >= 11 is 0. The molecular formula is C10H10FNO4. The molecular weight excluding hydrogens is 217 g/mol. The number of anilines is 1. The Morgan fingerprint density at radius 1 is 1.44 bits per heavy atom. The maximum Gasteiger partial charge on any atom is 0.338 e. The SMILES string of the molecule is COc1c(NC(C)=O)ccc(C(=O)O)c1F. The maximum absolute atomic E-state index is 13.6. The van der Waals surface area contributed by atoms with Crippen molar-refractivity contribution in [3.8, 4) is 5.75 Å². The molecule has 1 aromatic carbocycles. The lowest BCUT2D eigenvalue weighted by Crippen LogP contribution is -2.10. The number of hydrogen-bond acceptors (Lipinski definition) is 3. The highest BCUT2D eigenvalue weighted by Gasteiger charge is 2.18. The molecule has 0 spiro atoms. The van der Waals surface area contributed by atoms with Gasteiger partial charge in [-0.2, -0.15) is 0 Å². The number of benzene rings is 1. The number of hydrogen-bond donors (Lipinski definition) is 2. The standard InChI is InChI=1S/C10H10FNO4/c1-5(13)12-7-4-3-6(10(14)15)8(11)9(7)16-2/h3-4H,1-2H3,(H,12,13)(H,14,15). The number of nitrogens with one attached hydrogen (secondary N) is 1. The summed E-state index contributed by atoms with van der Waals surface area (Å²) in [6.45, 7) is 1.25. The van der Waals surface area contributed by atoms with E-state index in [1.807, 2.05) is 0 Å². The predicted octanol–water partition coefficient (Wildman–Crippen LogP) is 1.49. The van der Waals surface area contributed by atoms with Crippen LogP contribution in [0.4, 0.5) is 10.1 Å². The number of rotatable bonds is 3. The minimum absolute atomic E-state index is 0.0949. The third kappa shape index (κ3) is 2.28. The molecule has 5 nitrogen and oxygen atoms in total. The molecule has 0 aliphatic heterocycles. The van der Waals surface area contributed by atoms with E-state index in [9.17, 15) is 14.0 Å². The van der Waals surface area contributed by atoms with E-state index in [2.05, 4.69) is 5.32 Å². The van der Waals surface area contributed by atoms with Gasteiger partial charge in [0.25, 0.3) is 0 Å². The van der Waals surface area contributed by atoms with Crippen LogP contribution in [0.2, 0.25) is 0 Å². The molecule has 0 unspecified atom stereocenters. The average molecular weight is 227 g/mol. The first-order chi connectivity index (χ1) is 7.47. The van der Waals surface area contributed by atoms with Gasteiger partial charge in [-0.25, -0.2) is 9.18 Å². The highest BCUT2D eigenvalue weighted by Crippen LogP contribution is 2.30. The average Bonchev–Trinajstić information content (AvgIpc) is 2.16. The summed E-state index contributed by atoms with van der Waals surface area (Å²) in [5.41, 5.74) is -0.413. The molecule has 2 N–H and O–H groups in total. The largest absolute Gasteiger partial charge is 0.492 e. The summed E-state index contributed by atoms with van der Waals surface area (Å²) < 4.78 is 18.3. The van der Waals surface area contributed by atoms with E-state index in [4.69, 9.17) is 9.84 Å². The van der Waals surface area contributed by atoms with Crippen LogP contribution >= 0.6 is 0 Å². The van der Waals surface area contributed by atoms with Crippen molar-refractivity contribution in [2.24, 2.45) is 0 Å². The number of ether oxygens (including phenoxy) is 1. The van der Waals surface area contributed by atoms with Crippen LogP contribution in [0.25, 0.3) is 0 Å². The van der Waals surface area contributed by atoms with Gasteiger partial charge in [0, 0.05) is 6.92 Å². The number of halogens is 1. The molecule has 16 heavy (non-hydrogen) atoms. The number of amides is 1. The predicted molar refractivity (Wildman–Crippen MR) is 54.2 cm³/mol. The molecule has 0 saturated carbocycles. The minimum Gasteiger partial charge on any atom is -0.492 e. The van der Waals surface area contributed by atoms with Crippen LogP contribution in [-0.4, -0.2) is 24.1 Å². The lowest BCUT2D eigenvalue weighted by atomic mass is 10.1. The lowest BCUT2D eigenvalue weighted by molar-refractivity contribution is -0.114. The van der Waals surface area contributed by atoms with Gasteiger partial charge in [0.15, 0.2) is 11.6 Å². The second-order valence-corrected chi connectivity index (χ2v) is 2.99. The Bertz CT molecular complexity index is 445. The van der Waals surface area contributed by atoms with Crippen LogP contribution in [0.1, 0.15) is 17.3 Å². The van der Waals surface area contributed by atoms with Crippen molar-refractivity contribution in [2.75, 3.05) is 12.4 Å². The van der Waals surface area contributed by atoms with E-state index in [1.165, 1.54) is 20.1 Å². The van der Waals surface area contributed by atoms with Gasteiger partial charge in [-0.15, -0.1) is 0 Å². The van der Waals surface area contributed by atoms with E-state index in [-0.39, 0.29) is 11.4 Å². The van der Waals surface area contributed by atoms with Gasteiger partial charge in [0.05, 0.1) is 18.4 Å². The van der Waals surface area contributed by atoms with Crippen LogP contribution in [0.5, 0.6) is 5.75 Å². The van der Waals surface area contributed by atoms with E-state index < -0.39 is 23.3 Å². The molecule has 0 saturated heterocycles. The summed E-state index contributed by atoms with van der Waals surface area (Å²) in [7, 11) is 1.19. The third-order valence-corrected chi connectivity index (χ3v) is 1.84. The van der Waals surface area contributed by atoms with Gasteiger partial charge >= 0.3 is 5.97 Å². The highest BCUT2D eigenvalue weighted by atomic mass is 19.1. The van der Waals surface area contributed by atoms with Crippen LogP contribution in [0, 0.1) is 5.82 Å². The third-order valence-electron chi connectivity index (χ3n) is 1.84. The number of carboxylic acid groups (broad SMARTS) is 1. The van der Waals surface area contributed by atoms with Gasteiger partial charge in [-0.05, 0) is 12.1 Å². The maximum atomic E-state index is 13.6. The monoisotopic (exact) mass is 227 g/mol. The fourth-order valence-electron chi connectivity index (χ4n) is 1.21. The number of methoxy groups -OCH3 is 1. The zero-order valence-electron chi connectivity index (χ0n) is 8.70. The van der Waals surface area contributed by atoms with Crippen LogP contribution < -0.4 is 10.1 Å². The highest BCUT2D eigenvalue weighted by molar-refractivity contribution is 5.93. The van der Waals surface area contributed by atoms with Crippen LogP contribution in [0.3, 0.4) is 0 Å². The lowest BCUT2D eigenvalue weighted by Gasteiger charge is -2.10. The van der Waals surface area contributed by atoms with E-state index in [0.29, 0.717) is 0 Å². The number of carboxylic acids is 1. The summed E-state index contributed by atoms with van der Waals surface area (Å²) in [5, 5.41) is 11.0. The molecule has 0 atom stereocenters. The summed E-state index contributed by atoms with van der Waals surface area (Å²) in [6, 6.07) is 2.33. The fourth-order valence-corrected chi connectivity index (χ4v) is 1.21. The molecule has 0 radical (unpaired) electrons. The van der Waals surface area contributed by atoms with Crippen molar-refractivity contribution in [3.63, 3.8) is 0 Å². The van der Waals surface area contributed by atoms with E-state index in [1.54, 1.807) is 0 Å². The molecule has 1 aromatic rings.